The summed E-state index contributed by atoms with van der Waals surface area (Å²) >= 11 is 6.07. The van der Waals surface area contributed by atoms with E-state index in [-0.39, 0.29) is 6.10 Å². The molecule has 0 aliphatic carbocycles. The van der Waals surface area contributed by atoms with Crippen LogP contribution in [0.5, 0.6) is 0 Å². The van der Waals surface area contributed by atoms with E-state index in [0.29, 0.717) is 19.1 Å². The molecule has 1 heterocycles. The van der Waals surface area contributed by atoms with Gasteiger partial charge in [0, 0.05) is 28.9 Å². The Labute approximate surface area is 123 Å². The van der Waals surface area contributed by atoms with Gasteiger partial charge in [-0.25, -0.2) is 0 Å². The zero-order valence-electron chi connectivity index (χ0n) is 11.3. The fourth-order valence-electron chi connectivity index (χ4n) is 2.59. The summed E-state index contributed by atoms with van der Waals surface area (Å²) in [6.45, 7) is 2.79. The van der Waals surface area contributed by atoms with Gasteiger partial charge in [-0.1, -0.05) is 28.8 Å². The van der Waals surface area contributed by atoms with Crippen molar-refractivity contribution < 1.29 is 4.74 Å². The average molecular weight is 295 g/mol. The number of halogens is 1. The van der Waals surface area contributed by atoms with Gasteiger partial charge < -0.3 is 10.1 Å². The van der Waals surface area contributed by atoms with Gasteiger partial charge in [-0.15, -0.1) is 0 Å². The van der Waals surface area contributed by atoms with Crippen LogP contribution in [0.1, 0.15) is 24.5 Å². The Morgan fingerprint density at radius 3 is 3.15 bits per heavy atom. The van der Waals surface area contributed by atoms with Gasteiger partial charge in [0.05, 0.1) is 12.7 Å². The number of rotatable bonds is 6. The third kappa shape index (κ3) is 4.39. The van der Waals surface area contributed by atoms with Crippen LogP contribution in [0.4, 0.5) is 0 Å². The molecule has 1 aliphatic heterocycles. The van der Waals surface area contributed by atoms with Gasteiger partial charge in [0.1, 0.15) is 0 Å². The first kappa shape index (κ1) is 15.1. The van der Waals surface area contributed by atoms with Gasteiger partial charge >= 0.3 is 0 Å². The van der Waals surface area contributed by atoms with Crippen LogP contribution < -0.4 is 5.32 Å². The Kier molecular flexibility index (Phi) is 6.15. The van der Waals surface area contributed by atoms with E-state index in [1.54, 1.807) is 0 Å². The van der Waals surface area contributed by atoms with Crippen molar-refractivity contribution in [3.63, 3.8) is 0 Å². The molecule has 0 radical (unpaired) electrons. The highest BCUT2D eigenvalue weighted by molar-refractivity contribution is 6.30. The third-order valence-electron chi connectivity index (χ3n) is 3.49. The molecule has 2 atom stereocenters. The second kappa shape index (κ2) is 8.12. The first-order valence-electron chi connectivity index (χ1n) is 6.90. The molecule has 1 aliphatic rings. The van der Waals surface area contributed by atoms with E-state index in [0.717, 1.165) is 36.5 Å². The topological polar surface area (TPSA) is 70.0 Å². The fraction of sp³-hybridized carbons (Fsp3) is 0.571. The molecule has 0 saturated carbocycles. The monoisotopic (exact) mass is 294 g/mol. The van der Waals surface area contributed by atoms with Crippen LogP contribution in [-0.4, -0.2) is 26.2 Å². The lowest BCUT2D eigenvalue weighted by atomic mass is 9.89. The molecule has 2 rings (SSSR count). The Morgan fingerprint density at radius 1 is 1.55 bits per heavy atom. The summed E-state index contributed by atoms with van der Waals surface area (Å²) in [6.07, 6.45) is 2.28. The van der Waals surface area contributed by atoms with Crippen molar-refractivity contribution in [2.45, 2.75) is 18.9 Å². The highest BCUT2D eigenvalue weighted by Crippen LogP contribution is 2.31. The van der Waals surface area contributed by atoms with Crippen LogP contribution in [0.15, 0.2) is 29.4 Å². The summed E-state index contributed by atoms with van der Waals surface area (Å²) in [6, 6.07) is 7.80. The van der Waals surface area contributed by atoms with E-state index in [4.69, 9.17) is 21.9 Å². The van der Waals surface area contributed by atoms with E-state index in [1.165, 1.54) is 0 Å². The smallest absolute Gasteiger partial charge is 0.0865 e. The quantitative estimate of drug-likeness (QED) is 0.376. The lowest BCUT2D eigenvalue weighted by molar-refractivity contribution is 0.00725. The summed E-state index contributed by atoms with van der Waals surface area (Å²) in [4.78, 5) is 2.74. The molecule has 0 bridgehead atoms. The molecule has 1 aromatic rings. The van der Waals surface area contributed by atoms with Gasteiger partial charge in [0.2, 0.25) is 0 Å². The second-order valence-corrected chi connectivity index (χ2v) is 5.34. The Balaban J connectivity index is 2.07. The molecule has 0 amide bonds. The first-order chi connectivity index (χ1) is 9.81. The predicted octanol–water partition coefficient (Wildman–Crippen LogP) is 3.71. The average Bonchev–Trinajstić information content (AvgIpc) is 2.48. The molecule has 1 saturated heterocycles. The lowest BCUT2D eigenvalue weighted by Crippen LogP contribution is -2.34. The highest BCUT2D eigenvalue weighted by Gasteiger charge is 2.25. The Bertz CT molecular complexity index is 470. The first-order valence-corrected chi connectivity index (χ1v) is 7.27. The minimum Gasteiger partial charge on any atom is -0.373 e. The van der Waals surface area contributed by atoms with Crippen LogP contribution in [0.25, 0.3) is 10.4 Å². The van der Waals surface area contributed by atoms with Gasteiger partial charge in [-0.2, -0.15) is 0 Å². The largest absolute Gasteiger partial charge is 0.373 e. The summed E-state index contributed by atoms with van der Waals surface area (Å²) in [5.41, 5.74) is 9.40. The van der Waals surface area contributed by atoms with Crippen LogP contribution in [0.3, 0.4) is 0 Å². The van der Waals surface area contributed by atoms with Crippen LogP contribution in [0, 0.1) is 5.92 Å². The molecule has 6 heteroatoms. The van der Waals surface area contributed by atoms with E-state index in [9.17, 15) is 0 Å². The van der Waals surface area contributed by atoms with Crippen molar-refractivity contribution in [3.05, 3.63) is 45.3 Å². The molecule has 1 aromatic carbocycles. The van der Waals surface area contributed by atoms with E-state index in [2.05, 4.69) is 15.3 Å². The summed E-state index contributed by atoms with van der Waals surface area (Å²) in [5.74, 6) is 0.424. The minimum absolute atomic E-state index is 0.00427. The van der Waals surface area contributed by atoms with E-state index in [1.807, 2.05) is 24.3 Å². The second-order valence-electron chi connectivity index (χ2n) is 4.91. The fourth-order valence-corrected chi connectivity index (χ4v) is 2.79. The van der Waals surface area contributed by atoms with Crippen LogP contribution in [0.2, 0.25) is 5.02 Å². The molecule has 1 N–H and O–H groups in total. The summed E-state index contributed by atoms with van der Waals surface area (Å²) < 4.78 is 5.96. The summed E-state index contributed by atoms with van der Waals surface area (Å²) in [7, 11) is 0. The van der Waals surface area contributed by atoms with Crippen molar-refractivity contribution in [3.8, 4) is 0 Å². The van der Waals surface area contributed by atoms with Crippen molar-refractivity contribution >= 4 is 11.6 Å². The number of ether oxygens (including phenoxy) is 1. The number of piperidine rings is 1. The van der Waals surface area contributed by atoms with Gasteiger partial charge in [0.15, 0.2) is 0 Å². The third-order valence-corrected chi connectivity index (χ3v) is 3.73. The van der Waals surface area contributed by atoms with Crippen LogP contribution >= 0.6 is 11.6 Å². The maximum absolute atomic E-state index is 8.31. The van der Waals surface area contributed by atoms with Gasteiger partial charge in [0.25, 0.3) is 0 Å². The predicted molar refractivity (Wildman–Crippen MR) is 79.8 cm³/mol. The maximum atomic E-state index is 8.31. The maximum Gasteiger partial charge on any atom is 0.0865 e. The standard InChI is InChI=1S/C14H19ClN4O/c15-13-5-1-3-11(9-13)14(20-8-7-18-19-16)12-4-2-6-17-10-12/h1,3,5,9,12,14,17H,2,4,6-8,10H2/t12-,14+/m1/s1. The number of nitrogens with zero attached hydrogens (tertiary/aromatic N) is 3. The van der Waals surface area contributed by atoms with E-state index < -0.39 is 0 Å². The Morgan fingerprint density at radius 2 is 2.45 bits per heavy atom. The zero-order chi connectivity index (χ0) is 14.2. The molecule has 20 heavy (non-hydrogen) atoms. The van der Waals surface area contributed by atoms with E-state index >= 15 is 0 Å². The molecule has 0 unspecified atom stereocenters. The molecule has 0 spiro atoms. The lowest BCUT2D eigenvalue weighted by Gasteiger charge is -2.31. The number of hydrogen-bond donors (Lipinski definition) is 1. The van der Waals surface area contributed by atoms with Crippen molar-refractivity contribution in [1.29, 1.82) is 0 Å². The number of nitrogens with one attached hydrogen (secondary N) is 1. The van der Waals surface area contributed by atoms with Gasteiger partial charge in [-0.3, -0.25) is 0 Å². The molecular formula is C14H19ClN4O. The highest BCUT2D eigenvalue weighted by atomic mass is 35.5. The van der Waals surface area contributed by atoms with Crippen molar-refractivity contribution in [2.75, 3.05) is 26.2 Å². The SMILES string of the molecule is [N-]=[N+]=NCCO[C@@H](c1cccc(Cl)c1)[C@@H]1CCCNC1. The Hall–Kier alpha value is -1.26. The molecule has 0 aromatic heterocycles. The normalized spacial score (nSPS) is 20.1. The molecular weight excluding hydrogens is 276 g/mol. The van der Waals surface area contributed by atoms with Crippen molar-refractivity contribution in [2.24, 2.45) is 11.0 Å². The minimum atomic E-state index is -0.00427. The summed E-state index contributed by atoms with van der Waals surface area (Å²) in [5, 5.41) is 7.64. The number of hydrogen-bond acceptors (Lipinski definition) is 3. The number of azide groups is 1. The molecule has 1 fully saturated rings. The number of benzene rings is 1. The molecule has 108 valence electrons. The van der Waals surface area contributed by atoms with Crippen LogP contribution in [-0.2, 0) is 4.74 Å². The van der Waals surface area contributed by atoms with Gasteiger partial charge in [-0.05, 0) is 42.6 Å². The molecule has 5 nitrogen and oxygen atoms in total. The zero-order valence-corrected chi connectivity index (χ0v) is 12.1. The van der Waals surface area contributed by atoms with Crippen molar-refractivity contribution in [1.82, 2.24) is 5.32 Å².